The van der Waals surface area contributed by atoms with Crippen molar-refractivity contribution in [2.24, 2.45) is 0 Å². The van der Waals surface area contributed by atoms with Gasteiger partial charge in [-0.1, -0.05) is 20.3 Å². The van der Waals surface area contributed by atoms with E-state index in [0.29, 0.717) is 37.8 Å². The summed E-state index contributed by atoms with van der Waals surface area (Å²) in [5, 5.41) is 2.90. The van der Waals surface area contributed by atoms with Gasteiger partial charge in [0, 0.05) is 19.3 Å². The van der Waals surface area contributed by atoms with Crippen molar-refractivity contribution in [1.29, 1.82) is 0 Å². The lowest BCUT2D eigenvalue weighted by molar-refractivity contribution is -0.140. The molecule has 1 amide bonds. The Morgan fingerprint density at radius 1 is 1.25 bits per heavy atom. The summed E-state index contributed by atoms with van der Waals surface area (Å²) in [6.45, 7) is 9.30. The molecule has 6 nitrogen and oxygen atoms in total. The molecule has 0 radical (unpaired) electrons. The summed E-state index contributed by atoms with van der Waals surface area (Å²) >= 11 is 0. The van der Waals surface area contributed by atoms with E-state index in [1.807, 2.05) is 33.8 Å². The van der Waals surface area contributed by atoms with E-state index in [0.717, 1.165) is 18.4 Å². The van der Waals surface area contributed by atoms with E-state index in [-0.39, 0.29) is 5.91 Å². The molecule has 1 atom stereocenters. The van der Waals surface area contributed by atoms with Crippen LogP contribution in [-0.2, 0) is 14.3 Å². The minimum atomic E-state index is -0.827. The monoisotopic (exact) mass is 338 g/mol. The first-order valence-electron chi connectivity index (χ1n) is 8.50. The number of nitrogens with one attached hydrogen (secondary N) is 1. The van der Waals surface area contributed by atoms with Gasteiger partial charge in [0.05, 0.1) is 18.5 Å². The lowest BCUT2D eigenvalue weighted by Gasteiger charge is -2.28. The highest BCUT2D eigenvalue weighted by Crippen LogP contribution is 2.23. The average Bonchev–Trinajstić information content (AvgIpc) is 2.55. The maximum Gasteiger partial charge on any atom is 0.256 e. The van der Waals surface area contributed by atoms with Gasteiger partial charge in [-0.3, -0.25) is 4.79 Å². The van der Waals surface area contributed by atoms with Crippen LogP contribution in [-0.4, -0.2) is 43.4 Å². The molecule has 0 aliphatic carbocycles. The molecule has 0 saturated heterocycles. The number of hydrogen-bond donors (Lipinski definition) is 1. The fourth-order valence-corrected chi connectivity index (χ4v) is 2.32. The Hall–Kier alpha value is -1.66. The molecular weight excluding hydrogens is 308 g/mol. The van der Waals surface area contributed by atoms with Gasteiger partial charge in [-0.15, -0.1) is 0 Å². The Morgan fingerprint density at radius 2 is 2.00 bits per heavy atom. The van der Waals surface area contributed by atoms with E-state index in [1.165, 1.54) is 0 Å². The number of ether oxygens (including phenoxy) is 3. The summed E-state index contributed by atoms with van der Waals surface area (Å²) in [4.78, 5) is 16.9. The molecule has 1 heterocycles. The van der Waals surface area contributed by atoms with E-state index in [4.69, 9.17) is 14.2 Å². The van der Waals surface area contributed by atoms with Crippen molar-refractivity contribution < 1.29 is 19.0 Å². The molecular formula is C18H30N2O4. The van der Waals surface area contributed by atoms with Gasteiger partial charge in [0.25, 0.3) is 5.91 Å². The molecule has 0 spiro atoms. The number of amides is 1. The van der Waals surface area contributed by atoms with Crippen molar-refractivity contribution in [3.05, 3.63) is 17.8 Å². The fraction of sp³-hybridized carbons (Fsp3) is 0.667. The quantitative estimate of drug-likeness (QED) is 0.627. The van der Waals surface area contributed by atoms with Crippen LogP contribution in [0.4, 0.5) is 5.69 Å². The maximum absolute atomic E-state index is 12.6. The predicted molar refractivity (Wildman–Crippen MR) is 94.5 cm³/mol. The lowest BCUT2D eigenvalue weighted by Crippen LogP contribution is -2.43. The summed E-state index contributed by atoms with van der Waals surface area (Å²) in [5.41, 5.74) is 0.668. The number of carbonyl (C=O) groups is 1. The van der Waals surface area contributed by atoms with Crippen molar-refractivity contribution in [2.75, 3.05) is 32.2 Å². The highest BCUT2D eigenvalue weighted by atomic mass is 16.5. The number of aryl methyl sites for hydroxylation is 1. The topological polar surface area (TPSA) is 69.7 Å². The van der Waals surface area contributed by atoms with Crippen molar-refractivity contribution in [1.82, 2.24) is 4.98 Å². The second-order valence-electron chi connectivity index (χ2n) is 5.97. The molecule has 0 aliphatic rings. The summed E-state index contributed by atoms with van der Waals surface area (Å²) in [6.07, 6.45) is 4.01. The van der Waals surface area contributed by atoms with Crippen LogP contribution in [0.15, 0.2) is 12.3 Å². The number of aromatic nitrogens is 1. The number of carbonyl (C=O) groups excluding carboxylic acids is 1. The van der Waals surface area contributed by atoms with Crippen molar-refractivity contribution in [2.45, 2.75) is 52.6 Å². The number of nitrogens with zero attached hydrogens (tertiary/aromatic N) is 1. The number of methoxy groups -OCH3 is 1. The van der Waals surface area contributed by atoms with Crippen LogP contribution in [0, 0.1) is 6.92 Å². The molecule has 1 aromatic heterocycles. The van der Waals surface area contributed by atoms with E-state index in [2.05, 4.69) is 10.3 Å². The zero-order valence-electron chi connectivity index (χ0n) is 15.5. The minimum Gasteiger partial charge on any atom is -0.475 e. The van der Waals surface area contributed by atoms with Crippen LogP contribution < -0.4 is 10.1 Å². The lowest BCUT2D eigenvalue weighted by atomic mass is 9.99. The molecule has 0 aliphatic heterocycles. The third-order valence-electron chi connectivity index (χ3n) is 3.65. The SMILES string of the molecule is CCCOC(C)(CCC)C(=O)Nc1cnc(OCCOC)c(C)c1. The first-order valence-corrected chi connectivity index (χ1v) is 8.50. The van der Waals surface area contributed by atoms with Gasteiger partial charge in [0.1, 0.15) is 12.2 Å². The molecule has 0 fully saturated rings. The predicted octanol–water partition coefficient (Wildman–Crippen LogP) is 3.34. The zero-order valence-corrected chi connectivity index (χ0v) is 15.5. The Kier molecular flexibility index (Phi) is 8.71. The number of pyridine rings is 1. The third kappa shape index (κ3) is 6.09. The van der Waals surface area contributed by atoms with Gasteiger partial charge < -0.3 is 19.5 Å². The zero-order chi connectivity index (χ0) is 18.0. The van der Waals surface area contributed by atoms with E-state index >= 15 is 0 Å². The Bertz CT molecular complexity index is 522. The van der Waals surface area contributed by atoms with Crippen molar-refractivity contribution in [3.8, 4) is 5.88 Å². The van der Waals surface area contributed by atoms with Crippen LogP contribution in [0.3, 0.4) is 0 Å². The average molecular weight is 338 g/mol. The van der Waals surface area contributed by atoms with E-state index < -0.39 is 5.60 Å². The number of rotatable bonds is 11. The Morgan fingerprint density at radius 3 is 2.58 bits per heavy atom. The van der Waals surface area contributed by atoms with E-state index in [9.17, 15) is 4.79 Å². The van der Waals surface area contributed by atoms with Gasteiger partial charge >= 0.3 is 0 Å². The molecule has 1 unspecified atom stereocenters. The van der Waals surface area contributed by atoms with Crippen molar-refractivity contribution >= 4 is 11.6 Å². The van der Waals surface area contributed by atoms with Gasteiger partial charge in [0.2, 0.25) is 5.88 Å². The van der Waals surface area contributed by atoms with Crippen molar-refractivity contribution in [3.63, 3.8) is 0 Å². The summed E-state index contributed by atoms with van der Waals surface area (Å²) in [5.74, 6) is 0.399. The molecule has 136 valence electrons. The highest BCUT2D eigenvalue weighted by Gasteiger charge is 2.33. The smallest absolute Gasteiger partial charge is 0.256 e. The molecule has 1 N–H and O–H groups in total. The van der Waals surface area contributed by atoms with Gasteiger partial charge in [0.15, 0.2) is 0 Å². The summed E-state index contributed by atoms with van der Waals surface area (Å²) < 4.78 is 16.3. The van der Waals surface area contributed by atoms with E-state index in [1.54, 1.807) is 13.3 Å². The van der Waals surface area contributed by atoms with Gasteiger partial charge in [-0.05, 0) is 32.8 Å². The van der Waals surface area contributed by atoms with Crippen LogP contribution in [0.5, 0.6) is 5.88 Å². The molecule has 24 heavy (non-hydrogen) atoms. The second-order valence-corrected chi connectivity index (χ2v) is 5.97. The maximum atomic E-state index is 12.6. The number of hydrogen-bond acceptors (Lipinski definition) is 5. The molecule has 0 aromatic carbocycles. The van der Waals surface area contributed by atoms with Gasteiger partial charge in [-0.25, -0.2) is 4.98 Å². The minimum absolute atomic E-state index is 0.146. The summed E-state index contributed by atoms with van der Waals surface area (Å²) in [6, 6.07) is 1.85. The van der Waals surface area contributed by atoms with Crippen LogP contribution in [0.25, 0.3) is 0 Å². The Labute approximate surface area is 144 Å². The fourth-order valence-electron chi connectivity index (χ4n) is 2.32. The van der Waals surface area contributed by atoms with Crippen LogP contribution in [0.1, 0.15) is 45.6 Å². The molecule has 1 aromatic rings. The molecule has 0 bridgehead atoms. The van der Waals surface area contributed by atoms with Crippen LogP contribution >= 0.6 is 0 Å². The van der Waals surface area contributed by atoms with Gasteiger partial charge in [-0.2, -0.15) is 0 Å². The summed E-state index contributed by atoms with van der Waals surface area (Å²) in [7, 11) is 1.62. The first-order chi connectivity index (χ1) is 11.5. The third-order valence-corrected chi connectivity index (χ3v) is 3.65. The second kappa shape index (κ2) is 10.3. The standard InChI is InChI=1S/C18H30N2O4/c1-6-8-18(4,24-9-7-2)17(21)20-15-12-14(3)16(19-13-15)23-11-10-22-5/h12-13H,6-11H2,1-5H3,(H,20,21). The molecule has 1 rings (SSSR count). The van der Waals surface area contributed by atoms with Crippen LogP contribution in [0.2, 0.25) is 0 Å². The number of anilines is 1. The molecule has 0 saturated carbocycles. The highest BCUT2D eigenvalue weighted by molar-refractivity contribution is 5.97. The normalized spacial score (nSPS) is 13.4. The molecule has 6 heteroatoms. The Balaban J connectivity index is 2.76. The largest absolute Gasteiger partial charge is 0.475 e. The first kappa shape index (κ1) is 20.4.